The number of amides is 1. The summed E-state index contributed by atoms with van der Waals surface area (Å²) < 4.78 is 3.10. The van der Waals surface area contributed by atoms with Crippen molar-refractivity contribution in [3.8, 4) is 0 Å². The van der Waals surface area contributed by atoms with Crippen LogP contribution in [-0.2, 0) is 16.3 Å². The highest BCUT2D eigenvalue weighted by Crippen LogP contribution is 2.47. The lowest BCUT2D eigenvalue weighted by molar-refractivity contribution is -0.672. The Morgan fingerprint density at radius 1 is 1.10 bits per heavy atom. The third kappa shape index (κ3) is 6.22. The molecule has 1 aliphatic heterocycles. The number of carbonyl (C=O) groups is 2. The van der Waals surface area contributed by atoms with E-state index in [4.69, 9.17) is 11.6 Å². The van der Waals surface area contributed by atoms with Gasteiger partial charge in [0.1, 0.15) is 10.7 Å². The first-order valence-electron chi connectivity index (χ1n) is 13.4. The third-order valence-electron chi connectivity index (χ3n) is 7.08. The van der Waals surface area contributed by atoms with Crippen molar-refractivity contribution in [3.63, 3.8) is 0 Å². The molecule has 0 bridgehead atoms. The predicted molar refractivity (Wildman–Crippen MR) is 169 cm³/mol. The number of thioether (sulfide) groups is 1. The van der Waals surface area contributed by atoms with Gasteiger partial charge in [0.2, 0.25) is 18.1 Å². The summed E-state index contributed by atoms with van der Waals surface area (Å²) in [5.74, 6) is -1.27. The predicted octanol–water partition coefficient (Wildman–Crippen LogP) is 6.44. The fourth-order valence-corrected chi connectivity index (χ4v) is 7.26. The summed E-state index contributed by atoms with van der Waals surface area (Å²) in [6.07, 6.45) is 2.17. The number of hydrogen-bond acceptors (Lipinski definition) is 6. The van der Waals surface area contributed by atoms with Crippen LogP contribution in [0.5, 0.6) is 0 Å². The lowest BCUT2D eigenvalue weighted by Crippen LogP contribution is -2.50. The summed E-state index contributed by atoms with van der Waals surface area (Å²) >= 11 is 9.75. The van der Waals surface area contributed by atoms with Crippen LogP contribution in [0.4, 0.5) is 11.4 Å². The van der Waals surface area contributed by atoms with Crippen LogP contribution in [0.25, 0.3) is 16.3 Å². The van der Waals surface area contributed by atoms with Crippen molar-refractivity contribution in [2.75, 3.05) is 22.9 Å². The quantitative estimate of drug-likeness (QED) is 0.213. The molecule has 2 heterocycles. The minimum atomic E-state index is -0.995. The molecule has 0 fully saturated rings. The molecular weight excluding hydrogens is 576 g/mol. The number of aliphatic carboxylic acids is 1. The summed E-state index contributed by atoms with van der Waals surface area (Å²) in [5.41, 5.74) is 5.08. The number of aromatic nitrogens is 1. The van der Waals surface area contributed by atoms with Crippen LogP contribution in [0.15, 0.2) is 70.6 Å². The van der Waals surface area contributed by atoms with Crippen LogP contribution in [0.3, 0.4) is 0 Å². The molecule has 1 aliphatic rings. The number of benzene rings is 3. The monoisotopic (exact) mass is 607 g/mol. The Labute approximate surface area is 253 Å². The van der Waals surface area contributed by atoms with E-state index < -0.39 is 12.0 Å². The number of fused-ring (bicyclic) bond motifs is 2. The summed E-state index contributed by atoms with van der Waals surface area (Å²) in [7, 11) is 0. The highest BCUT2D eigenvalue weighted by Gasteiger charge is 2.28. The van der Waals surface area contributed by atoms with E-state index in [1.165, 1.54) is 16.1 Å². The van der Waals surface area contributed by atoms with Crippen LogP contribution >= 0.6 is 34.7 Å². The molecule has 2 N–H and O–H groups in total. The second-order valence-electron chi connectivity index (χ2n) is 10.0. The van der Waals surface area contributed by atoms with Gasteiger partial charge in [0, 0.05) is 28.2 Å². The van der Waals surface area contributed by atoms with Gasteiger partial charge in [-0.2, -0.15) is 4.57 Å². The van der Waals surface area contributed by atoms with E-state index in [0.717, 1.165) is 32.4 Å². The maximum absolute atomic E-state index is 13.2. The molecule has 1 atom stereocenters. The topological polar surface area (TPSA) is 76.8 Å². The number of halogens is 1. The van der Waals surface area contributed by atoms with E-state index in [0.29, 0.717) is 10.7 Å². The first-order chi connectivity index (χ1) is 19.6. The van der Waals surface area contributed by atoms with Crippen molar-refractivity contribution in [2.45, 2.75) is 45.3 Å². The Bertz CT molecular complexity index is 1650. The summed E-state index contributed by atoms with van der Waals surface area (Å²) in [6, 6.07) is 18.9. The first-order valence-corrected chi connectivity index (χ1v) is 15.4. The normalized spacial score (nSPS) is 14.4. The molecule has 0 aliphatic carbocycles. The Morgan fingerprint density at radius 3 is 2.54 bits per heavy atom. The van der Waals surface area contributed by atoms with Crippen molar-refractivity contribution >= 4 is 74.2 Å². The van der Waals surface area contributed by atoms with Gasteiger partial charge < -0.3 is 14.9 Å². The molecule has 0 spiro atoms. The van der Waals surface area contributed by atoms with E-state index in [2.05, 4.69) is 52.9 Å². The Morgan fingerprint density at radius 2 is 1.83 bits per heavy atom. The number of aryl methyl sites for hydroxylation is 2. The summed E-state index contributed by atoms with van der Waals surface area (Å²) in [6.45, 7) is 8.74. The van der Waals surface area contributed by atoms with Crippen molar-refractivity contribution in [2.24, 2.45) is 0 Å². The molecule has 41 heavy (non-hydrogen) atoms. The number of thiazole rings is 1. The molecule has 212 valence electrons. The molecule has 0 saturated heterocycles. The Hall–Kier alpha value is -3.53. The molecule has 0 saturated carbocycles. The minimum absolute atomic E-state index is 0.0928. The van der Waals surface area contributed by atoms with Crippen molar-refractivity contribution in [3.05, 3.63) is 86.8 Å². The van der Waals surface area contributed by atoms with Crippen molar-refractivity contribution < 1.29 is 19.3 Å². The lowest BCUT2D eigenvalue weighted by Gasteiger charge is -2.28. The number of rotatable bonds is 9. The molecule has 0 radical (unpaired) electrons. The zero-order valence-electron chi connectivity index (χ0n) is 23.3. The van der Waals surface area contributed by atoms with Crippen LogP contribution in [0.2, 0.25) is 5.02 Å². The van der Waals surface area contributed by atoms with Gasteiger partial charge in [-0.1, -0.05) is 58.5 Å². The zero-order valence-corrected chi connectivity index (χ0v) is 25.7. The number of nitrogens with zero attached hydrogens (tertiary/aromatic N) is 3. The van der Waals surface area contributed by atoms with Crippen LogP contribution < -0.4 is 19.7 Å². The summed E-state index contributed by atoms with van der Waals surface area (Å²) in [4.78, 5) is 30.2. The molecular formula is C31H32ClN4O3S2+. The van der Waals surface area contributed by atoms with Gasteiger partial charge in [-0.3, -0.25) is 10.1 Å². The van der Waals surface area contributed by atoms with Crippen LogP contribution in [-0.4, -0.2) is 36.1 Å². The zero-order chi connectivity index (χ0) is 29.3. The van der Waals surface area contributed by atoms with Gasteiger partial charge in [0.15, 0.2) is 0 Å². The minimum Gasteiger partial charge on any atom is -0.480 e. The number of carboxylic acid groups (broad SMARTS) is 1. The van der Waals surface area contributed by atoms with E-state index in [-0.39, 0.29) is 19.1 Å². The number of carbonyl (C=O) groups excluding carboxylic acids is 1. The summed E-state index contributed by atoms with van der Waals surface area (Å²) in [5, 5.41) is 15.4. The third-order valence-corrected chi connectivity index (χ3v) is 9.54. The molecule has 4 aromatic rings. The second kappa shape index (κ2) is 12.1. The smallest absolute Gasteiger partial charge is 0.326 e. The number of anilines is 2. The maximum atomic E-state index is 13.2. The van der Waals surface area contributed by atoms with E-state index in [1.54, 1.807) is 34.9 Å². The van der Waals surface area contributed by atoms with Gasteiger partial charge in [-0.25, -0.2) is 4.79 Å². The van der Waals surface area contributed by atoms with Crippen molar-refractivity contribution in [1.82, 2.24) is 5.32 Å². The van der Waals surface area contributed by atoms with Gasteiger partial charge in [0.25, 0.3) is 5.01 Å². The molecule has 1 aromatic heterocycles. The van der Waals surface area contributed by atoms with Crippen LogP contribution in [0.1, 0.15) is 30.0 Å². The second-order valence-corrected chi connectivity index (χ2v) is 12.6. The number of nitrogens with one attached hydrogen (secondary N) is 1. The van der Waals surface area contributed by atoms with Gasteiger partial charge >= 0.3 is 5.97 Å². The van der Waals surface area contributed by atoms with E-state index in [9.17, 15) is 14.7 Å². The van der Waals surface area contributed by atoms with E-state index in [1.807, 2.05) is 49.4 Å². The molecule has 1 unspecified atom stereocenters. The van der Waals surface area contributed by atoms with Gasteiger partial charge in [-0.05, 0) is 69.7 Å². The number of hydrogen-bond donors (Lipinski definition) is 2. The molecule has 7 nitrogen and oxygen atoms in total. The fourth-order valence-electron chi connectivity index (χ4n) is 4.79. The highest BCUT2D eigenvalue weighted by molar-refractivity contribution is 8.03. The number of carboxylic acids is 1. The highest BCUT2D eigenvalue weighted by atomic mass is 35.5. The SMILES string of the molecule is CCN1/C(=C/c2sc3ccc(Cl)cc3[n+]2CNC(=O)CN(c2ccc(C)cc2)C(C)C(=O)O)Sc2ccc(C)cc21. The Balaban J connectivity index is 1.43. The molecule has 5 rings (SSSR count). The van der Waals surface area contributed by atoms with Gasteiger partial charge in [0.05, 0.1) is 23.3 Å². The fraction of sp³-hybridized carbons (Fsp3) is 0.258. The average molecular weight is 608 g/mol. The maximum Gasteiger partial charge on any atom is 0.326 e. The Kier molecular flexibility index (Phi) is 8.58. The van der Waals surface area contributed by atoms with Crippen LogP contribution in [0, 0.1) is 13.8 Å². The molecule has 3 aromatic carbocycles. The first kappa shape index (κ1) is 29.0. The van der Waals surface area contributed by atoms with Gasteiger partial charge in [-0.15, -0.1) is 0 Å². The largest absolute Gasteiger partial charge is 0.480 e. The average Bonchev–Trinajstić information content (AvgIpc) is 3.46. The van der Waals surface area contributed by atoms with E-state index >= 15 is 0 Å². The molecule has 10 heteroatoms. The lowest BCUT2D eigenvalue weighted by atomic mass is 10.2. The van der Waals surface area contributed by atoms with Crippen molar-refractivity contribution in [1.29, 1.82) is 0 Å². The molecule has 1 amide bonds. The standard InChI is InChI=1S/C31H31ClN4O3S2/c1-5-34-24-14-20(3)8-12-26(24)40-29(34)16-30-36(25-15-22(32)9-13-27(25)41-30)18-33-28(37)17-35(21(4)31(38)39)23-10-6-19(2)7-11-23/h6-16,21H,5,17-18H2,1-4H3,(H-,33,37,38,39)/p+1.